The van der Waals surface area contributed by atoms with Gasteiger partial charge in [0.1, 0.15) is 0 Å². The molecule has 5 rings (SSSR count). The summed E-state index contributed by atoms with van der Waals surface area (Å²) < 4.78 is 0. The van der Waals surface area contributed by atoms with Crippen LogP contribution < -0.4 is 0 Å². The van der Waals surface area contributed by atoms with E-state index in [1.54, 1.807) is 30.4 Å². The molecule has 0 radical (unpaired) electrons. The zero-order valence-electron chi connectivity index (χ0n) is 13.3. The molecule has 0 nitrogen and oxygen atoms in total. The van der Waals surface area contributed by atoms with Gasteiger partial charge < -0.3 is 0 Å². The molecule has 0 aromatic heterocycles. The lowest BCUT2D eigenvalue weighted by Crippen LogP contribution is -2.48. The van der Waals surface area contributed by atoms with E-state index in [9.17, 15) is 0 Å². The predicted octanol–water partition coefficient (Wildman–Crippen LogP) is 5.59. The van der Waals surface area contributed by atoms with Gasteiger partial charge in [-0.3, -0.25) is 0 Å². The van der Waals surface area contributed by atoms with Crippen LogP contribution in [0.25, 0.3) is 0 Å². The van der Waals surface area contributed by atoms with Gasteiger partial charge in [-0.05, 0) is 91.2 Å². The van der Waals surface area contributed by atoms with E-state index in [0.29, 0.717) is 11.3 Å². The molecular formula is C20H28. The van der Waals surface area contributed by atoms with Gasteiger partial charge in [0.25, 0.3) is 0 Å². The Morgan fingerprint density at radius 3 is 1.95 bits per heavy atom. The van der Waals surface area contributed by atoms with E-state index >= 15 is 0 Å². The first-order valence-electron chi connectivity index (χ1n) is 8.67. The van der Waals surface area contributed by atoms with Crippen molar-refractivity contribution in [2.24, 2.45) is 17.8 Å². The molecule has 0 aliphatic heterocycles. The van der Waals surface area contributed by atoms with Crippen molar-refractivity contribution in [1.29, 1.82) is 0 Å². The van der Waals surface area contributed by atoms with E-state index in [-0.39, 0.29) is 0 Å². The fourth-order valence-corrected chi connectivity index (χ4v) is 6.12. The van der Waals surface area contributed by atoms with Crippen LogP contribution in [0.3, 0.4) is 0 Å². The lowest BCUT2D eigenvalue weighted by atomic mass is 9.48. The largest absolute Gasteiger partial charge is 0.0587 e. The van der Waals surface area contributed by atoms with E-state index in [2.05, 4.69) is 39.0 Å². The van der Waals surface area contributed by atoms with E-state index in [1.807, 2.05) is 0 Å². The summed E-state index contributed by atoms with van der Waals surface area (Å²) in [5.41, 5.74) is 5.31. The van der Waals surface area contributed by atoms with Crippen LogP contribution in [0.5, 0.6) is 0 Å². The SMILES string of the molecule is Cc1cc(C23CC4CC(CC(C4)C2)C3)ccc1C(C)C. The molecule has 4 aliphatic carbocycles. The lowest BCUT2D eigenvalue weighted by Gasteiger charge is -2.57. The summed E-state index contributed by atoms with van der Waals surface area (Å²) >= 11 is 0. The smallest absolute Gasteiger partial charge is 0.00390 e. The second-order valence-electron chi connectivity index (χ2n) is 8.42. The van der Waals surface area contributed by atoms with Crippen LogP contribution >= 0.6 is 0 Å². The third-order valence-corrected chi connectivity index (χ3v) is 6.54. The van der Waals surface area contributed by atoms with Crippen LogP contribution in [0.15, 0.2) is 18.2 Å². The molecule has 0 heterocycles. The van der Waals surface area contributed by atoms with Gasteiger partial charge in [-0.1, -0.05) is 32.0 Å². The molecule has 0 N–H and O–H groups in total. The molecule has 108 valence electrons. The average molecular weight is 268 g/mol. The molecule has 4 fully saturated rings. The molecule has 4 saturated carbocycles. The standard InChI is InChI=1S/C20H28/c1-13(2)19-5-4-18(6-14(19)3)20-10-15-7-16(11-20)9-17(8-15)12-20/h4-6,13,15-17H,7-12H2,1-3H3. The van der Waals surface area contributed by atoms with E-state index in [0.717, 1.165) is 17.8 Å². The van der Waals surface area contributed by atoms with Crippen molar-refractivity contribution in [2.45, 2.75) is 70.6 Å². The van der Waals surface area contributed by atoms with Crippen molar-refractivity contribution >= 4 is 0 Å². The summed E-state index contributed by atoms with van der Waals surface area (Å²) in [6.07, 6.45) is 9.09. The van der Waals surface area contributed by atoms with Gasteiger partial charge in [-0.2, -0.15) is 0 Å². The Bertz CT molecular complexity index is 488. The van der Waals surface area contributed by atoms with Gasteiger partial charge in [-0.15, -0.1) is 0 Å². The van der Waals surface area contributed by atoms with Gasteiger partial charge in [0.05, 0.1) is 0 Å². The van der Waals surface area contributed by atoms with Gasteiger partial charge in [0.15, 0.2) is 0 Å². The Morgan fingerprint density at radius 1 is 0.950 bits per heavy atom. The summed E-state index contributed by atoms with van der Waals surface area (Å²) in [6.45, 7) is 6.94. The maximum absolute atomic E-state index is 2.54. The average Bonchev–Trinajstić information content (AvgIpc) is 2.36. The molecule has 0 amide bonds. The Balaban J connectivity index is 1.72. The topological polar surface area (TPSA) is 0 Å². The summed E-state index contributed by atoms with van der Waals surface area (Å²) in [6, 6.07) is 7.45. The molecule has 0 unspecified atom stereocenters. The van der Waals surface area contributed by atoms with Crippen molar-refractivity contribution in [1.82, 2.24) is 0 Å². The highest BCUT2D eigenvalue weighted by Gasteiger charge is 2.51. The molecule has 1 aromatic carbocycles. The second kappa shape index (κ2) is 4.36. The van der Waals surface area contributed by atoms with Crippen molar-refractivity contribution in [3.8, 4) is 0 Å². The van der Waals surface area contributed by atoms with E-state index in [1.165, 1.54) is 24.8 Å². The van der Waals surface area contributed by atoms with Crippen LogP contribution in [-0.2, 0) is 5.41 Å². The molecule has 4 aliphatic rings. The monoisotopic (exact) mass is 268 g/mol. The first kappa shape index (κ1) is 12.9. The van der Waals surface area contributed by atoms with Gasteiger partial charge >= 0.3 is 0 Å². The van der Waals surface area contributed by atoms with Crippen molar-refractivity contribution < 1.29 is 0 Å². The minimum atomic E-state index is 0.565. The predicted molar refractivity (Wildman–Crippen MR) is 85.1 cm³/mol. The summed E-state index contributed by atoms with van der Waals surface area (Å²) in [5.74, 6) is 3.80. The summed E-state index contributed by atoms with van der Waals surface area (Å²) in [7, 11) is 0. The summed E-state index contributed by atoms with van der Waals surface area (Å²) in [4.78, 5) is 0. The molecule has 4 bridgehead atoms. The quantitative estimate of drug-likeness (QED) is 0.656. The van der Waals surface area contributed by atoms with Crippen molar-refractivity contribution in [3.63, 3.8) is 0 Å². The highest BCUT2D eigenvalue weighted by Crippen LogP contribution is 2.60. The normalized spacial score (nSPS) is 38.7. The number of rotatable bonds is 2. The third kappa shape index (κ3) is 1.87. The minimum absolute atomic E-state index is 0.565. The maximum Gasteiger partial charge on any atom is -0.00390 e. The molecule has 0 atom stereocenters. The molecule has 0 spiro atoms. The zero-order chi connectivity index (χ0) is 13.9. The highest BCUT2D eigenvalue weighted by molar-refractivity contribution is 5.38. The fourth-order valence-electron chi connectivity index (χ4n) is 6.12. The highest BCUT2D eigenvalue weighted by atomic mass is 14.6. The van der Waals surface area contributed by atoms with Gasteiger partial charge in [-0.25, -0.2) is 0 Å². The lowest BCUT2D eigenvalue weighted by molar-refractivity contribution is -0.00522. The van der Waals surface area contributed by atoms with Gasteiger partial charge in [0, 0.05) is 0 Å². The maximum atomic E-state index is 2.54. The minimum Gasteiger partial charge on any atom is -0.0587 e. The fraction of sp³-hybridized carbons (Fsp3) is 0.700. The molecule has 1 aromatic rings. The Labute approximate surface area is 124 Å². The van der Waals surface area contributed by atoms with Crippen LogP contribution in [0, 0.1) is 24.7 Å². The number of hydrogen-bond donors (Lipinski definition) is 0. The van der Waals surface area contributed by atoms with Crippen LogP contribution in [-0.4, -0.2) is 0 Å². The van der Waals surface area contributed by atoms with Crippen LogP contribution in [0.1, 0.15) is 75.0 Å². The van der Waals surface area contributed by atoms with Crippen molar-refractivity contribution in [3.05, 3.63) is 34.9 Å². The molecule has 0 heteroatoms. The Kier molecular flexibility index (Phi) is 2.81. The molecule has 20 heavy (non-hydrogen) atoms. The number of aryl methyl sites for hydroxylation is 1. The number of hydrogen-bond acceptors (Lipinski definition) is 0. The molecular weight excluding hydrogens is 240 g/mol. The second-order valence-corrected chi connectivity index (χ2v) is 8.42. The van der Waals surface area contributed by atoms with Gasteiger partial charge in [0.2, 0.25) is 0 Å². The first-order chi connectivity index (χ1) is 9.56. The number of benzene rings is 1. The molecule has 0 saturated heterocycles. The van der Waals surface area contributed by atoms with Crippen molar-refractivity contribution in [2.75, 3.05) is 0 Å². The van der Waals surface area contributed by atoms with E-state index < -0.39 is 0 Å². The van der Waals surface area contributed by atoms with Crippen LogP contribution in [0.4, 0.5) is 0 Å². The van der Waals surface area contributed by atoms with E-state index in [4.69, 9.17) is 0 Å². The Morgan fingerprint density at radius 2 is 1.50 bits per heavy atom. The Hall–Kier alpha value is -0.780. The first-order valence-corrected chi connectivity index (χ1v) is 8.67. The zero-order valence-corrected chi connectivity index (χ0v) is 13.3. The summed E-state index contributed by atoms with van der Waals surface area (Å²) in [5, 5.41) is 0. The third-order valence-electron chi connectivity index (χ3n) is 6.54. The van der Waals surface area contributed by atoms with Crippen LogP contribution in [0.2, 0.25) is 0 Å².